The summed E-state index contributed by atoms with van der Waals surface area (Å²) in [4.78, 5) is 14.5. The first-order valence-electron chi connectivity index (χ1n) is 4.82. The van der Waals surface area contributed by atoms with Crippen molar-refractivity contribution < 1.29 is 26.7 Å². The Kier molecular flexibility index (Phi) is 3.36. The minimum atomic E-state index is -4.64. The first-order valence-corrected chi connectivity index (χ1v) is 5.63. The second kappa shape index (κ2) is 4.69. The van der Waals surface area contributed by atoms with Crippen LogP contribution in [0, 0.1) is 11.6 Å². The summed E-state index contributed by atoms with van der Waals surface area (Å²) in [5.41, 5.74) is -0.240. The molecule has 1 aromatic heterocycles. The number of rotatable bonds is 2. The van der Waals surface area contributed by atoms with Crippen LogP contribution in [-0.4, -0.2) is 10.8 Å². The minimum Gasteiger partial charge on any atom is -0.288 e. The van der Waals surface area contributed by atoms with Crippen molar-refractivity contribution in [1.29, 1.82) is 0 Å². The summed E-state index contributed by atoms with van der Waals surface area (Å²) in [6.07, 6.45) is -3.88. The zero-order chi connectivity index (χ0) is 14.2. The molecular weight excluding hydrogens is 289 g/mol. The maximum Gasteiger partial charge on any atom is 0.443 e. The van der Waals surface area contributed by atoms with Crippen LogP contribution < -0.4 is 0 Å². The number of nitrogens with zero attached hydrogens (tertiary/aromatic N) is 1. The predicted molar refractivity (Wildman–Crippen MR) is 56.9 cm³/mol. The van der Waals surface area contributed by atoms with Gasteiger partial charge in [-0.3, -0.25) is 4.79 Å². The number of hydrogen-bond donors (Lipinski definition) is 0. The highest BCUT2D eigenvalue weighted by molar-refractivity contribution is 7.13. The fourth-order valence-corrected chi connectivity index (χ4v) is 2.04. The van der Waals surface area contributed by atoms with E-state index in [0.29, 0.717) is 6.07 Å². The lowest BCUT2D eigenvalue weighted by Crippen LogP contribution is -2.03. The average molecular weight is 293 g/mol. The van der Waals surface area contributed by atoms with Crippen molar-refractivity contribution in [3.8, 4) is 0 Å². The molecule has 1 heterocycles. The number of hydrogen-bond acceptors (Lipinski definition) is 3. The highest BCUT2D eigenvalue weighted by Gasteiger charge is 2.35. The topological polar surface area (TPSA) is 30.0 Å². The van der Waals surface area contributed by atoms with Crippen molar-refractivity contribution in [3.05, 3.63) is 51.5 Å². The van der Waals surface area contributed by atoms with Gasteiger partial charge in [-0.2, -0.15) is 13.2 Å². The van der Waals surface area contributed by atoms with Crippen LogP contribution in [-0.2, 0) is 6.18 Å². The second-order valence-electron chi connectivity index (χ2n) is 3.49. The molecule has 0 aliphatic rings. The molecular formula is C11H4F5NOS. The number of aromatic nitrogens is 1. The van der Waals surface area contributed by atoms with E-state index in [1.807, 2.05) is 0 Å². The SMILES string of the molecule is O=C(c1ccc(F)c(F)c1)c1cnc(C(F)(F)F)s1. The van der Waals surface area contributed by atoms with Gasteiger partial charge in [0, 0.05) is 11.8 Å². The van der Waals surface area contributed by atoms with E-state index in [1.54, 1.807) is 0 Å². The Balaban J connectivity index is 2.34. The van der Waals surface area contributed by atoms with Crippen molar-refractivity contribution >= 4 is 17.1 Å². The lowest BCUT2D eigenvalue weighted by molar-refractivity contribution is -0.137. The number of alkyl halides is 3. The highest BCUT2D eigenvalue weighted by atomic mass is 32.1. The van der Waals surface area contributed by atoms with Crippen molar-refractivity contribution in [2.75, 3.05) is 0 Å². The maximum atomic E-state index is 12.9. The lowest BCUT2D eigenvalue weighted by atomic mass is 10.1. The molecule has 0 bridgehead atoms. The number of thiazole rings is 1. The Morgan fingerprint density at radius 2 is 1.84 bits per heavy atom. The Bertz CT molecular complexity index is 634. The summed E-state index contributed by atoms with van der Waals surface area (Å²) in [6, 6.07) is 2.35. The van der Waals surface area contributed by atoms with Gasteiger partial charge in [-0.05, 0) is 18.2 Å². The van der Waals surface area contributed by atoms with E-state index in [1.165, 1.54) is 0 Å². The number of carbonyl (C=O) groups excluding carboxylic acids is 1. The molecule has 0 unspecified atom stereocenters. The van der Waals surface area contributed by atoms with Crippen LogP contribution >= 0.6 is 11.3 Å². The van der Waals surface area contributed by atoms with E-state index in [2.05, 4.69) is 4.98 Å². The molecule has 1 aromatic carbocycles. The zero-order valence-corrected chi connectivity index (χ0v) is 9.78. The zero-order valence-electron chi connectivity index (χ0n) is 8.96. The summed E-state index contributed by atoms with van der Waals surface area (Å²) in [6.45, 7) is 0. The van der Waals surface area contributed by atoms with Gasteiger partial charge in [-0.1, -0.05) is 0 Å². The molecule has 8 heteroatoms. The lowest BCUT2D eigenvalue weighted by Gasteiger charge is -2.00. The molecule has 0 N–H and O–H groups in total. The summed E-state index contributed by atoms with van der Waals surface area (Å²) < 4.78 is 62.5. The van der Waals surface area contributed by atoms with Gasteiger partial charge >= 0.3 is 6.18 Å². The molecule has 2 aromatic rings. The van der Waals surface area contributed by atoms with Gasteiger partial charge in [0.05, 0.1) is 4.88 Å². The van der Waals surface area contributed by atoms with E-state index in [-0.39, 0.29) is 21.8 Å². The summed E-state index contributed by atoms with van der Waals surface area (Å²) in [5, 5.41) is -1.17. The van der Waals surface area contributed by atoms with Gasteiger partial charge in [0.1, 0.15) is 0 Å². The first kappa shape index (κ1) is 13.6. The van der Waals surface area contributed by atoms with Gasteiger partial charge in [0.2, 0.25) is 5.78 Å². The number of carbonyl (C=O) groups is 1. The van der Waals surface area contributed by atoms with Gasteiger partial charge in [-0.25, -0.2) is 13.8 Å². The Morgan fingerprint density at radius 3 is 2.37 bits per heavy atom. The largest absolute Gasteiger partial charge is 0.443 e. The normalized spacial score (nSPS) is 11.6. The van der Waals surface area contributed by atoms with Crippen LogP contribution in [0.1, 0.15) is 20.2 Å². The van der Waals surface area contributed by atoms with E-state index >= 15 is 0 Å². The molecule has 0 fully saturated rings. The molecule has 0 saturated carbocycles. The van der Waals surface area contributed by atoms with Crippen molar-refractivity contribution in [3.63, 3.8) is 0 Å². The van der Waals surface area contributed by atoms with Crippen LogP contribution in [0.25, 0.3) is 0 Å². The number of ketones is 1. The Hall–Kier alpha value is -1.83. The second-order valence-corrected chi connectivity index (χ2v) is 4.52. The fourth-order valence-electron chi connectivity index (χ4n) is 1.29. The highest BCUT2D eigenvalue weighted by Crippen LogP contribution is 2.33. The van der Waals surface area contributed by atoms with Crippen LogP contribution in [0.4, 0.5) is 22.0 Å². The molecule has 0 amide bonds. The van der Waals surface area contributed by atoms with Gasteiger partial charge in [0.25, 0.3) is 0 Å². The Morgan fingerprint density at radius 1 is 1.16 bits per heavy atom. The minimum absolute atomic E-state index is 0.151. The predicted octanol–water partition coefficient (Wildman–Crippen LogP) is 3.67. The standard InChI is InChI=1S/C11H4F5NOS/c12-6-2-1-5(3-7(6)13)9(18)8-4-17-10(19-8)11(14,15)16/h1-4H. The molecule has 0 radical (unpaired) electrons. The summed E-state index contributed by atoms with van der Waals surface area (Å²) in [5.74, 6) is -3.23. The maximum absolute atomic E-state index is 12.9. The number of benzene rings is 1. The van der Waals surface area contributed by atoms with Gasteiger partial charge in [0.15, 0.2) is 16.6 Å². The molecule has 0 atom stereocenters. The average Bonchev–Trinajstić information content (AvgIpc) is 2.81. The quantitative estimate of drug-likeness (QED) is 0.624. The monoisotopic (exact) mass is 293 g/mol. The molecule has 0 aliphatic heterocycles. The summed E-state index contributed by atoms with van der Waals surface area (Å²) in [7, 11) is 0. The van der Waals surface area contributed by atoms with E-state index < -0.39 is 28.6 Å². The van der Waals surface area contributed by atoms with E-state index in [9.17, 15) is 26.7 Å². The summed E-state index contributed by atoms with van der Waals surface area (Å²) >= 11 is 0.151. The van der Waals surface area contributed by atoms with E-state index in [0.717, 1.165) is 18.3 Å². The molecule has 2 nitrogen and oxygen atoms in total. The van der Waals surface area contributed by atoms with Crippen LogP contribution in [0.2, 0.25) is 0 Å². The van der Waals surface area contributed by atoms with Crippen LogP contribution in [0.5, 0.6) is 0 Å². The van der Waals surface area contributed by atoms with Crippen molar-refractivity contribution in [2.24, 2.45) is 0 Å². The smallest absolute Gasteiger partial charge is 0.288 e. The number of halogens is 5. The van der Waals surface area contributed by atoms with E-state index in [4.69, 9.17) is 0 Å². The third-order valence-corrected chi connectivity index (χ3v) is 3.19. The molecule has 100 valence electrons. The Labute approximate surface area is 107 Å². The molecule has 0 spiro atoms. The fraction of sp³-hybridized carbons (Fsp3) is 0.0909. The molecule has 19 heavy (non-hydrogen) atoms. The van der Waals surface area contributed by atoms with Gasteiger partial charge in [-0.15, -0.1) is 11.3 Å². The van der Waals surface area contributed by atoms with Gasteiger partial charge < -0.3 is 0 Å². The third kappa shape index (κ3) is 2.78. The third-order valence-electron chi connectivity index (χ3n) is 2.15. The van der Waals surface area contributed by atoms with Crippen molar-refractivity contribution in [2.45, 2.75) is 6.18 Å². The van der Waals surface area contributed by atoms with Crippen LogP contribution in [0.3, 0.4) is 0 Å². The van der Waals surface area contributed by atoms with Crippen molar-refractivity contribution in [1.82, 2.24) is 4.98 Å². The first-order chi connectivity index (χ1) is 8.79. The molecule has 0 saturated heterocycles. The molecule has 0 aliphatic carbocycles. The van der Waals surface area contributed by atoms with Crippen LogP contribution in [0.15, 0.2) is 24.4 Å². The molecule has 2 rings (SSSR count).